The summed E-state index contributed by atoms with van der Waals surface area (Å²) in [5.74, 6) is 1.61. The summed E-state index contributed by atoms with van der Waals surface area (Å²) in [6, 6.07) is 5.71. The van der Waals surface area contributed by atoms with Gasteiger partial charge in [-0.25, -0.2) is 0 Å². The van der Waals surface area contributed by atoms with Gasteiger partial charge in [0.1, 0.15) is 5.75 Å². The molecule has 0 unspecified atom stereocenters. The summed E-state index contributed by atoms with van der Waals surface area (Å²) in [7, 11) is 0. The largest absolute Gasteiger partial charge is 0.427 e. The number of hydrogen-bond donors (Lipinski definition) is 1. The minimum atomic E-state index is -0.329. The number of benzene rings is 1. The number of rotatable bonds is 5. The quantitative estimate of drug-likeness (QED) is 0.644. The lowest BCUT2D eigenvalue weighted by molar-refractivity contribution is -0.131. The van der Waals surface area contributed by atoms with Crippen molar-refractivity contribution in [2.45, 2.75) is 34.1 Å². The zero-order valence-electron chi connectivity index (χ0n) is 11.5. The molecule has 0 aliphatic heterocycles. The first-order valence-corrected chi connectivity index (χ1v) is 6.18. The van der Waals surface area contributed by atoms with Crippen molar-refractivity contribution in [1.29, 1.82) is 0 Å². The molecule has 3 nitrogen and oxygen atoms in total. The number of carbonyl (C=O) groups is 1. The Morgan fingerprint density at radius 3 is 2.44 bits per heavy atom. The van der Waals surface area contributed by atoms with Crippen molar-refractivity contribution in [1.82, 2.24) is 0 Å². The van der Waals surface area contributed by atoms with Crippen LogP contribution in [-0.4, -0.2) is 17.7 Å². The number of ether oxygens (including phenoxy) is 1. The van der Waals surface area contributed by atoms with Crippen LogP contribution in [0.4, 0.5) is 0 Å². The fourth-order valence-electron chi connectivity index (χ4n) is 1.81. The van der Waals surface area contributed by atoms with Crippen LogP contribution in [0, 0.1) is 11.8 Å². The van der Waals surface area contributed by atoms with Crippen LogP contribution in [-0.2, 0) is 11.2 Å². The molecule has 1 radical (unpaired) electrons. The molecule has 0 amide bonds. The molecule has 0 saturated carbocycles. The van der Waals surface area contributed by atoms with Crippen molar-refractivity contribution in [3.8, 4) is 5.75 Å². The average molecular weight is 249 g/mol. The number of aliphatic hydroxyl groups is 1. The van der Waals surface area contributed by atoms with Gasteiger partial charge in [0.05, 0.1) is 6.61 Å². The van der Waals surface area contributed by atoms with E-state index >= 15 is 0 Å². The monoisotopic (exact) mass is 249 g/mol. The van der Waals surface area contributed by atoms with E-state index < -0.39 is 0 Å². The third-order valence-electron chi connectivity index (χ3n) is 2.60. The van der Waals surface area contributed by atoms with Gasteiger partial charge in [0, 0.05) is 12.8 Å². The van der Waals surface area contributed by atoms with Gasteiger partial charge in [-0.15, -0.1) is 0 Å². The fourth-order valence-corrected chi connectivity index (χ4v) is 1.81. The van der Waals surface area contributed by atoms with Gasteiger partial charge < -0.3 is 9.84 Å². The van der Waals surface area contributed by atoms with E-state index in [1.807, 2.05) is 19.1 Å². The van der Waals surface area contributed by atoms with Crippen molar-refractivity contribution in [3.05, 3.63) is 35.2 Å². The van der Waals surface area contributed by atoms with Crippen LogP contribution in [0.2, 0.25) is 0 Å². The Morgan fingerprint density at radius 2 is 1.94 bits per heavy atom. The Kier molecular flexibility index (Phi) is 5.35. The fraction of sp³-hybridized carbons (Fsp3) is 0.467. The van der Waals surface area contributed by atoms with Crippen LogP contribution in [0.3, 0.4) is 0 Å². The average Bonchev–Trinajstić information content (AvgIpc) is 2.25. The maximum absolute atomic E-state index is 11.0. The lowest BCUT2D eigenvalue weighted by atomic mass is 9.95. The molecule has 0 saturated heterocycles. The highest BCUT2D eigenvalue weighted by atomic mass is 16.5. The predicted molar refractivity (Wildman–Crippen MR) is 71.4 cm³/mol. The van der Waals surface area contributed by atoms with Crippen molar-refractivity contribution in [2.24, 2.45) is 5.92 Å². The summed E-state index contributed by atoms with van der Waals surface area (Å²) in [5.41, 5.74) is 2.04. The number of esters is 1. The van der Waals surface area contributed by atoms with E-state index in [-0.39, 0.29) is 12.6 Å². The zero-order valence-corrected chi connectivity index (χ0v) is 11.5. The molecule has 0 aliphatic rings. The molecule has 0 aliphatic carbocycles. The van der Waals surface area contributed by atoms with Crippen molar-refractivity contribution >= 4 is 5.97 Å². The smallest absolute Gasteiger partial charge is 0.308 e. The standard InChI is InChI=1S/C15H21O3/c1-10(2)5-13-6-14(11(3)9-16)8-15(7-13)18-12(4)17/h6-8,10,16H,5,9H2,1-4H3. The van der Waals surface area contributed by atoms with Gasteiger partial charge in [-0.3, -0.25) is 4.79 Å². The minimum Gasteiger partial charge on any atom is -0.427 e. The molecule has 0 atom stereocenters. The molecule has 99 valence electrons. The van der Waals surface area contributed by atoms with Gasteiger partial charge >= 0.3 is 5.97 Å². The van der Waals surface area contributed by atoms with Crippen LogP contribution in [0.5, 0.6) is 5.75 Å². The summed E-state index contributed by atoms with van der Waals surface area (Å²) < 4.78 is 5.14. The second-order valence-electron chi connectivity index (χ2n) is 5.00. The van der Waals surface area contributed by atoms with E-state index in [0.717, 1.165) is 23.5 Å². The summed E-state index contributed by atoms with van der Waals surface area (Å²) in [4.78, 5) is 11.0. The topological polar surface area (TPSA) is 46.5 Å². The summed E-state index contributed by atoms with van der Waals surface area (Å²) in [6.07, 6.45) is 0.917. The first-order chi connectivity index (χ1) is 8.42. The van der Waals surface area contributed by atoms with E-state index in [4.69, 9.17) is 4.74 Å². The van der Waals surface area contributed by atoms with E-state index in [0.29, 0.717) is 11.7 Å². The normalized spacial score (nSPS) is 11.1. The Bertz CT molecular complexity index is 410. The highest BCUT2D eigenvalue weighted by Gasteiger charge is 2.10. The SMILES string of the molecule is C[C](CO)c1cc(CC(C)C)cc(OC(C)=O)c1. The van der Waals surface area contributed by atoms with Gasteiger partial charge in [0.25, 0.3) is 0 Å². The van der Waals surface area contributed by atoms with Crippen LogP contribution in [0.1, 0.15) is 38.8 Å². The third kappa shape index (κ3) is 4.49. The number of carbonyl (C=O) groups excluding carboxylic acids is 1. The maximum atomic E-state index is 11.0. The predicted octanol–water partition coefficient (Wildman–Crippen LogP) is 2.75. The summed E-state index contributed by atoms with van der Waals surface area (Å²) >= 11 is 0. The Labute approximate surface area is 109 Å². The molecule has 3 heteroatoms. The molecule has 0 fully saturated rings. The van der Waals surface area contributed by atoms with Crippen molar-refractivity contribution < 1.29 is 14.6 Å². The van der Waals surface area contributed by atoms with E-state index in [1.54, 1.807) is 6.07 Å². The highest BCUT2D eigenvalue weighted by molar-refractivity contribution is 5.69. The second-order valence-corrected chi connectivity index (χ2v) is 5.00. The van der Waals surface area contributed by atoms with Gasteiger partial charge in [-0.05, 0) is 35.6 Å². The molecular weight excluding hydrogens is 228 g/mol. The Morgan fingerprint density at radius 1 is 1.28 bits per heavy atom. The second kappa shape index (κ2) is 6.55. The molecule has 0 bridgehead atoms. The van der Waals surface area contributed by atoms with Gasteiger partial charge in [-0.1, -0.05) is 26.8 Å². The lowest BCUT2D eigenvalue weighted by Gasteiger charge is -2.14. The van der Waals surface area contributed by atoms with E-state index in [9.17, 15) is 9.90 Å². The summed E-state index contributed by atoms with van der Waals surface area (Å²) in [6.45, 7) is 7.54. The molecule has 1 aromatic rings. The lowest BCUT2D eigenvalue weighted by Crippen LogP contribution is -2.06. The molecular formula is C15H21O3. The number of hydrogen-bond acceptors (Lipinski definition) is 3. The molecule has 1 aromatic carbocycles. The van der Waals surface area contributed by atoms with Crippen molar-refractivity contribution in [3.63, 3.8) is 0 Å². The third-order valence-corrected chi connectivity index (χ3v) is 2.60. The van der Waals surface area contributed by atoms with E-state index in [1.165, 1.54) is 6.92 Å². The van der Waals surface area contributed by atoms with Crippen LogP contribution in [0.25, 0.3) is 0 Å². The molecule has 18 heavy (non-hydrogen) atoms. The van der Waals surface area contributed by atoms with Crippen LogP contribution >= 0.6 is 0 Å². The van der Waals surface area contributed by atoms with E-state index in [2.05, 4.69) is 13.8 Å². The Balaban J connectivity index is 3.06. The van der Waals surface area contributed by atoms with Gasteiger partial charge in [-0.2, -0.15) is 0 Å². The first-order valence-electron chi connectivity index (χ1n) is 6.18. The van der Waals surface area contributed by atoms with Gasteiger partial charge in [0.15, 0.2) is 0 Å². The summed E-state index contributed by atoms with van der Waals surface area (Å²) in [5, 5.41) is 9.19. The highest BCUT2D eigenvalue weighted by Crippen LogP contribution is 2.24. The van der Waals surface area contributed by atoms with Crippen LogP contribution < -0.4 is 4.74 Å². The molecule has 0 aromatic heterocycles. The molecule has 1 rings (SSSR count). The molecule has 0 spiro atoms. The molecule has 0 heterocycles. The minimum absolute atomic E-state index is 0.00461. The van der Waals surface area contributed by atoms with Gasteiger partial charge in [0.2, 0.25) is 0 Å². The number of aliphatic hydroxyl groups excluding tert-OH is 1. The Hall–Kier alpha value is -1.35. The molecule has 1 N–H and O–H groups in total. The van der Waals surface area contributed by atoms with Crippen molar-refractivity contribution in [2.75, 3.05) is 6.61 Å². The maximum Gasteiger partial charge on any atom is 0.308 e. The van der Waals surface area contributed by atoms with Crippen LogP contribution in [0.15, 0.2) is 18.2 Å². The first kappa shape index (κ1) is 14.7. The zero-order chi connectivity index (χ0) is 13.7.